The molecule has 0 bridgehead atoms. The highest BCUT2D eigenvalue weighted by Gasteiger charge is 2.17. The van der Waals surface area contributed by atoms with Crippen LogP contribution in [0, 0.1) is 0 Å². The number of aliphatic hydroxyl groups excluding tert-OH is 1. The number of ether oxygens (including phenoxy) is 2. The highest BCUT2D eigenvalue weighted by atomic mass is 35.5. The van der Waals surface area contributed by atoms with Crippen LogP contribution in [-0.2, 0) is 13.2 Å². The molecule has 0 amide bonds. The summed E-state index contributed by atoms with van der Waals surface area (Å²) in [5, 5.41) is 9.75. The van der Waals surface area contributed by atoms with E-state index in [0.717, 1.165) is 17.2 Å². The number of hydrogen-bond donors (Lipinski definition) is 1. The summed E-state index contributed by atoms with van der Waals surface area (Å²) in [6.07, 6.45) is 1.13. The van der Waals surface area contributed by atoms with Crippen LogP contribution in [0.2, 0.25) is 5.02 Å². The summed E-state index contributed by atoms with van der Waals surface area (Å²) in [5.74, 6) is 0.262. The Balaban J connectivity index is 1.87. The van der Waals surface area contributed by atoms with Crippen LogP contribution in [0.5, 0.6) is 11.5 Å². The van der Waals surface area contributed by atoms with Crippen molar-refractivity contribution in [3.05, 3.63) is 106 Å². The number of rotatable bonds is 8. The lowest BCUT2D eigenvalue weighted by Crippen LogP contribution is -2.05. The molecule has 3 rings (SSSR count). The van der Waals surface area contributed by atoms with Gasteiger partial charge in [-0.05, 0) is 24.1 Å². The predicted octanol–water partition coefficient (Wildman–Crippen LogP) is 6.14. The minimum absolute atomic E-state index is 0.0930. The van der Waals surface area contributed by atoms with Crippen molar-refractivity contribution in [2.24, 2.45) is 0 Å². The van der Waals surface area contributed by atoms with E-state index < -0.39 is 5.78 Å². The average molecular weight is 409 g/mol. The molecule has 4 nitrogen and oxygen atoms in total. The zero-order valence-corrected chi connectivity index (χ0v) is 16.7. The molecule has 0 aliphatic carbocycles. The summed E-state index contributed by atoms with van der Waals surface area (Å²) in [4.78, 5) is 12.5. The number of aliphatic hydroxyl groups is 1. The Hall–Kier alpha value is -3.24. The summed E-state index contributed by atoms with van der Waals surface area (Å²) >= 11 is 6.35. The minimum Gasteiger partial charge on any atom is -0.512 e. The maximum absolute atomic E-state index is 12.5. The van der Waals surface area contributed by atoms with Crippen LogP contribution >= 0.6 is 11.6 Å². The van der Waals surface area contributed by atoms with Crippen LogP contribution < -0.4 is 9.47 Å². The number of carbonyl (C=O) groups is 1. The second kappa shape index (κ2) is 9.80. The molecule has 0 radical (unpaired) electrons. The second-order valence-electron chi connectivity index (χ2n) is 6.48. The number of benzene rings is 3. The Kier molecular flexibility index (Phi) is 6.93. The Labute approximate surface area is 175 Å². The van der Waals surface area contributed by atoms with Crippen LogP contribution in [-0.4, -0.2) is 10.9 Å². The first-order valence-electron chi connectivity index (χ1n) is 9.11. The lowest BCUT2D eigenvalue weighted by Gasteiger charge is -2.15. The van der Waals surface area contributed by atoms with Gasteiger partial charge in [-0.25, -0.2) is 0 Å². The van der Waals surface area contributed by atoms with Crippen LogP contribution in [0.1, 0.15) is 28.4 Å². The first-order chi connectivity index (χ1) is 14.0. The molecule has 5 heteroatoms. The maximum atomic E-state index is 12.5. The second-order valence-corrected chi connectivity index (χ2v) is 6.88. The number of halogens is 1. The Morgan fingerprint density at radius 2 is 1.41 bits per heavy atom. The van der Waals surface area contributed by atoms with Crippen LogP contribution in [0.4, 0.5) is 0 Å². The summed E-state index contributed by atoms with van der Waals surface area (Å²) < 4.78 is 11.7. The number of carbonyl (C=O) groups excluding carboxylic acids is 1. The van der Waals surface area contributed by atoms with Gasteiger partial charge in [0.1, 0.15) is 24.7 Å². The molecule has 0 aliphatic heterocycles. The van der Waals surface area contributed by atoms with Crippen molar-refractivity contribution in [3.63, 3.8) is 0 Å². The van der Waals surface area contributed by atoms with Crippen molar-refractivity contribution in [2.45, 2.75) is 20.1 Å². The minimum atomic E-state index is -0.399. The quantitative estimate of drug-likeness (QED) is 0.276. The molecular weight excluding hydrogens is 388 g/mol. The number of hydrogen-bond acceptors (Lipinski definition) is 4. The highest BCUT2D eigenvalue weighted by Crippen LogP contribution is 2.34. The molecule has 3 aromatic carbocycles. The Morgan fingerprint density at radius 1 is 0.897 bits per heavy atom. The van der Waals surface area contributed by atoms with E-state index >= 15 is 0 Å². The topological polar surface area (TPSA) is 55.8 Å². The molecule has 1 N–H and O–H groups in total. The fraction of sp³-hybridized carbons (Fsp3) is 0.125. The van der Waals surface area contributed by atoms with E-state index in [-0.39, 0.29) is 17.9 Å². The zero-order chi connectivity index (χ0) is 20.6. The largest absolute Gasteiger partial charge is 0.512 e. The van der Waals surface area contributed by atoms with Gasteiger partial charge in [0.2, 0.25) is 0 Å². The molecule has 0 heterocycles. The van der Waals surface area contributed by atoms with Gasteiger partial charge in [-0.2, -0.15) is 0 Å². The van der Waals surface area contributed by atoms with Crippen molar-refractivity contribution in [1.82, 2.24) is 0 Å². The zero-order valence-electron chi connectivity index (χ0n) is 16.0. The smallest absolute Gasteiger partial charge is 0.192 e. The van der Waals surface area contributed by atoms with Crippen molar-refractivity contribution in [3.8, 4) is 11.5 Å². The molecule has 0 unspecified atom stereocenters. The van der Waals surface area contributed by atoms with Gasteiger partial charge < -0.3 is 14.6 Å². The van der Waals surface area contributed by atoms with Crippen LogP contribution in [0.3, 0.4) is 0 Å². The summed E-state index contributed by atoms with van der Waals surface area (Å²) in [7, 11) is 0. The highest BCUT2D eigenvalue weighted by molar-refractivity contribution is 6.32. The molecule has 148 valence electrons. The van der Waals surface area contributed by atoms with Crippen LogP contribution in [0.25, 0.3) is 0 Å². The molecular formula is C24H21ClO4. The Bertz CT molecular complexity index is 994. The van der Waals surface area contributed by atoms with E-state index in [1.54, 1.807) is 6.07 Å². The molecule has 3 aromatic rings. The lowest BCUT2D eigenvalue weighted by molar-refractivity contribution is 0.103. The van der Waals surface area contributed by atoms with Gasteiger partial charge in [-0.1, -0.05) is 72.3 Å². The molecule has 29 heavy (non-hydrogen) atoms. The third-order valence-corrected chi connectivity index (χ3v) is 4.41. The first-order valence-corrected chi connectivity index (χ1v) is 9.49. The summed E-state index contributed by atoms with van der Waals surface area (Å²) in [5.41, 5.74) is 2.21. The van der Waals surface area contributed by atoms with Gasteiger partial charge in [0, 0.05) is 12.1 Å². The fourth-order valence-corrected chi connectivity index (χ4v) is 2.91. The van der Waals surface area contributed by atoms with E-state index in [1.807, 2.05) is 60.7 Å². The SMILES string of the molecule is C/C(O)=C/C(=O)c1cc(Cl)c(OCc2ccccc2)cc1OCc1ccccc1. The first kappa shape index (κ1) is 20.5. The molecule has 0 fully saturated rings. The third kappa shape index (κ3) is 5.87. The molecule has 0 spiro atoms. The average Bonchev–Trinajstić information content (AvgIpc) is 2.72. The van der Waals surface area contributed by atoms with Gasteiger partial charge >= 0.3 is 0 Å². The molecule has 0 atom stereocenters. The van der Waals surface area contributed by atoms with Gasteiger partial charge in [0.25, 0.3) is 0 Å². The monoisotopic (exact) mass is 408 g/mol. The van der Waals surface area contributed by atoms with E-state index in [9.17, 15) is 9.90 Å². The summed E-state index contributed by atoms with van der Waals surface area (Å²) in [6.45, 7) is 2.05. The molecule has 0 aromatic heterocycles. The maximum Gasteiger partial charge on any atom is 0.192 e. The van der Waals surface area contributed by atoms with E-state index in [0.29, 0.717) is 23.1 Å². The summed E-state index contributed by atoms with van der Waals surface area (Å²) in [6, 6.07) is 22.4. The van der Waals surface area contributed by atoms with Crippen molar-refractivity contribution in [2.75, 3.05) is 0 Å². The van der Waals surface area contributed by atoms with Gasteiger partial charge in [0.15, 0.2) is 5.78 Å². The molecule has 0 aliphatic rings. The molecule has 0 saturated heterocycles. The van der Waals surface area contributed by atoms with Gasteiger partial charge in [-0.15, -0.1) is 0 Å². The van der Waals surface area contributed by atoms with Crippen molar-refractivity contribution in [1.29, 1.82) is 0 Å². The normalized spacial score (nSPS) is 11.2. The Morgan fingerprint density at radius 3 is 1.93 bits per heavy atom. The van der Waals surface area contributed by atoms with Crippen molar-refractivity contribution >= 4 is 17.4 Å². The van der Waals surface area contributed by atoms with Gasteiger partial charge in [0.05, 0.1) is 16.3 Å². The number of ketones is 1. The lowest BCUT2D eigenvalue weighted by atomic mass is 10.1. The van der Waals surface area contributed by atoms with E-state index in [2.05, 4.69) is 0 Å². The van der Waals surface area contributed by atoms with Crippen molar-refractivity contribution < 1.29 is 19.4 Å². The fourth-order valence-electron chi connectivity index (χ4n) is 2.70. The number of allylic oxidation sites excluding steroid dienone is 2. The standard InChI is InChI=1S/C24H21ClO4/c1-17(26)12-22(27)20-13-21(25)24(29-16-19-10-6-3-7-11-19)14-23(20)28-15-18-8-4-2-5-9-18/h2-14,26H,15-16H2,1H3/b17-12-. The van der Waals surface area contributed by atoms with Gasteiger partial charge in [-0.3, -0.25) is 4.79 Å². The van der Waals surface area contributed by atoms with E-state index in [4.69, 9.17) is 21.1 Å². The molecule has 0 saturated carbocycles. The van der Waals surface area contributed by atoms with Crippen LogP contribution in [0.15, 0.2) is 84.6 Å². The van der Waals surface area contributed by atoms with E-state index in [1.165, 1.54) is 13.0 Å². The predicted molar refractivity (Wildman–Crippen MR) is 114 cm³/mol. The third-order valence-electron chi connectivity index (χ3n) is 4.11.